The van der Waals surface area contributed by atoms with Gasteiger partial charge in [0.15, 0.2) is 0 Å². The molecule has 124 heavy (non-hydrogen) atoms. The molecule has 4 saturated heterocycles. The Bertz CT molecular complexity index is 4170. The summed E-state index contributed by atoms with van der Waals surface area (Å²) < 4.78 is 39.8. The average Bonchev–Trinajstić information content (AvgIpc) is 1.83. The molecule has 0 radical (unpaired) electrons. The molecule has 4 aromatic heterocycles. The largest absolute Gasteiger partial charge is 0.506 e. The zero-order valence-electron chi connectivity index (χ0n) is 71.7. The van der Waals surface area contributed by atoms with Crippen LogP contribution in [0.15, 0.2) is 205 Å². The predicted octanol–water partition coefficient (Wildman–Crippen LogP) is 20.7. The Morgan fingerprint density at radius 2 is 0.726 bits per heavy atom. The van der Waals surface area contributed by atoms with Gasteiger partial charge in [-0.1, -0.05) is 160 Å². The maximum absolute atomic E-state index is 12.3. The van der Waals surface area contributed by atoms with Crippen LogP contribution in [-0.2, 0) is 75.3 Å². The van der Waals surface area contributed by atoms with E-state index < -0.39 is 11.2 Å². The number of aryl methyl sites for hydroxylation is 1. The summed E-state index contributed by atoms with van der Waals surface area (Å²) in [6.45, 7) is 23.9. The second-order valence-electron chi connectivity index (χ2n) is 34.2. The van der Waals surface area contributed by atoms with Crippen LogP contribution in [0, 0.1) is 38.0 Å². The first-order valence-electron chi connectivity index (χ1n) is 42.4. The number of carbonyl (C=O) groups excluding carboxylic acids is 4. The van der Waals surface area contributed by atoms with Crippen molar-refractivity contribution in [3.63, 3.8) is 0 Å². The second-order valence-corrected chi connectivity index (χ2v) is 34.2. The Kier molecular flexibility index (Phi) is 43.6. The molecule has 24 nitrogen and oxygen atoms in total. The van der Waals surface area contributed by atoms with Gasteiger partial charge in [0, 0.05) is 90.7 Å². The molecule has 0 bridgehead atoms. The van der Waals surface area contributed by atoms with Gasteiger partial charge in [0.05, 0.1) is 90.1 Å². The van der Waals surface area contributed by atoms with Crippen molar-refractivity contribution in [2.45, 2.75) is 221 Å². The predicted molar refractivity (Wildman–Crippen MR) is 481 cm³/mol. The Balaban J connectivity index is 0.000000233. The summed E-state index contributed by atoms with van der Waals surface area (Å²) in [4.78, 5) is 70.3. The fourth-order valence-electron chi connectivity index (χ4n) is 14.7. The minimum atomic E-state index is -0.484. The fraction of sp³-hybridized carbons (Fsp3) is 0.505. The van der Waals surface area contributed by atoms with Gasteiger partial charge >= 0.3 is 24.2 Å². The van der Waals surface area contributed by atoms with Crippen LogP contribution in [0.1, 0.15) is 215 Å². The van der Waals surface area contributed by atoms with Crippen molar-refractivity contribution in [1.29, 1.82) is 0 Å². The first kappa shape index (κ1) is 103. The molecule has 8 aliphatic rings. The fourth-order valence-corrected chi connectivity index (χ4v) is 14.7. The number of aliphatic hydroxyl groups is 1. The number of likely N-dealkylation sites (tertiary alicyclic amines) is 4. The SMILES string of the molecule is C.C.C.CC(C)(C)OC(=O)N1CC[C@H]1CO.CC(C)(C)OC(=O)N1CC[C@H]1COc1cncc([C@H]2C[C@@H]2COCc2ccccc2)c1.Cc1cncc([C@H]2C[C@@H]2COCc2ccccc2)c1.O=C(N=NC(=O)N1CCCCC1)N1CCCCC1.Oc1cncc([C@H]2C[C@@H]2COCc2ccccc2)c1.Oc1cncc([C@H]2C[C@@H]2COCc2ccccc2)c1.[CH3-].[Pd]. The molecule has 25 heteroatoms. The summed E-state index contributed by atoms with van der Waals surface area (Å²) in [5.74, 6) is 5.70. The molecule has 678 valence electrons. The summed E-state index contributed by atoms with van der Waals surface area (Å²) >= 11 is 0. The van der Waals surface area contributed by atoms with Gasteiger partial charge in [-0.05, 0) is 241 Å². The minimum Gasteiger partial charge on any atom is -0.506 e. The maximum Gasteiger partial charge on any atom is 0.410 e. The Hall–Kier alpha value is -9.58. The molecule has 4 saturated carbocycles. The third-order valence-electron chi connectivity index (χ3n) is 22.0. The zero-order valence-corrected chi connectivity index (χ0v) is 73.2. The van der Waals surface area contributed by atoms with Crippen molar-refractivity contribution in [3.8, 4) is 17.2 Å². The Morgan fingerprint density at radius 3 is 1.03 bits per heavy atom. The quantitative estimate of drug-likeness (QED) is 0.0288. The van der Waals surface area contributed by atoms with Gasteiger partial charge in [0.1, 0.15) is 35.1 Å². The molecule has 4 aromatic carbocycles. The van der Waals surface area contributed by atoms with E-state index in [0.29, 0.717) is 86.9 Å². The number of pyridine rings is 4. The van der Waals surface area contributed by atoms with Gasteiger partial charge in [-0.3, -0.25) is 19.9 Å². The summed E-state index contributed by atoms with van der Waals surface area (Å²) in [5.41, 5.74) is 9.98. The van der Waals surface area contributed by atoms with Crippen LogP contribution in [-0.4, -0.2) is 181 Å². The summed E-state index contributed by atoms with van der Waals surface area (Å²) in [6, 6.07) is 48.2. The normalized spacial score (nSPS) is 20.9. The monoisotopic (exact) mass is 1800 g/mol. The molecule has 0 unspecified atom stereocenters. The molecule has 8 heterocycles. The van der Waals surface area contributed by atoms with Crippen LogP contribution in [0.5, 0.6) is 17.2 Å². The van der Waals surface area contributed by atoms with Gasteiger partial charge in [0.2, 0.25) is 0 Å². The summed E-state index contributed by atoms with van der Waals surface area (Å²) in [6.07, 6.45) is 26.4. The van der Waals surface area contributed by atoms with E-state index in [1.807, 2.05) is 133 Å². The van der Waals surface area contributed by atoms with E-state index in [1.165, 1.54) is 57.8 Å². The van der Waals surface area contributed by atoms with E-state index in [4.69, 9.17) is 38.3 Å². The number of benzene rings is 4. The first-order valence-corrected chi connectivity index (χ1v) is 42.4. The number of amides is 6. The van der Waals surface area contributed by atoms with Crippen LogP contribution in [0.25, 0.3) is 0 Å². The van der Waals surface area contributed by atoms with E-state index in [9.17, 15) is 29.4 Å². The van der Waals surface area contributed by atoms with E-state index in [1.54, 1.807) is 37.9 Å². The number of ether oxygens (including phenoxy) is 7. The molecule has 6 amide bonds. The minimum absolute atomic E-state index is 0. The first-order chi connectivity index (χ1) is 57.6. The van der Waals surface area contributed by atoms with Gasteiger partial charge < -0.3 is 75.5 Å². The van der Waals surface area contributed by atoms with Crippen LogP contribution >= 0.6 is 0 Å². The second kappa shape index (κ2) is 52.4. The standard InChI is InChI=1S/C25H32N2O4.C17H19NO.2C16H17NO2.C12H20N4O2.C9H17NO3.3CH4.CH3.Pd/c1-25(2,3)31-24(28)27-10-9-21(27)17-30-22-11-19(13-26-14-22)23-12-20(23)16-29-15-18-7-5-4-6-8-18;1-13-7-15(10-18-9-13)17-8-16(17)12-19-11-14-5-3-2-4-6-14;2*18-15-6-13(8-17-9-15)16-7-14(16)11-19-10-12-4-2-1-3-5-12;17-11(15-7-3-1-4-8-15)13-14-12(18)16-9-5-2-6-10-16;1-9(2,3)13-8(12)10-5-4-7(10)6-11;;;;;/h4-8,11,13-14,20-21,23H,9-10,12,15-17H2,1-3H3;2-7,9-10,16-17H,8,11-12H2,1H3;2*1-6,8-9,14,16,18H,7,10-11H2;1-10H2;7,11H,4-6H2,1-3H3;3*1H4;1H3;/q;;;;;;;;;-1;/t20-,21+,23-;16-,17-;2*14-,16-;;7-;;;;;/m1111.0...../s1. The van der Waals surface area contributed by atoms with Crippen molar-refractivity contribution < 1.29 is 88.1 Å². The molecule has 10 atom stereocenters. The van der Waals surface area contributed by atoms with E-state index in [-0.39, 0.29) is 105 Å². The van der Waals surface area contributed by atoms with Crippen molar-refractivity contribution >= 4 is 24.2 Å². The molecule has 8 fully saturated rings. The van der Waals surface area contributed by atoms with Gasteiger partial charge in [0.25, 0.3) is 0 Å². The number of rotatable bonds is 24. The third-order valence-corrected chi connectivity index (χ3v) is 22.0. The van der Waals surface area contributed by atoms with Crippen LogP contribution in [0.3, 0.4) is 0 Å². The van der Waals surface area contributed by atoms with E-state index >= 15 is 0 Å². The van der Waals surface area contributed by atoms with Crippen molar-refractivity contribution in [2.24, 2.45) is 33.9 Å². The van der Waals surface area contributed by atoms with Crippen molar-refractivity contribution in [3.05, 3.63) is 253 Å². The van der Waals surface area contributed by atoms with Crippen molar-refractivity contribution in [1.82, 2.24) is 39.5 Å². The van der Waals surface area contributed by atoms with Gasteiger partial charge in [-0.2, -0.15) is 0 Å². The summed E-state index contributed by atoms with van der Waals surface area (Å²) in [5, 5.41) is 34.8. The smallest absolute Gasteiger partial charge is 0.410 e. The van der Waals surface area contributed by atoms with E-state index in [0.717, 1.165) is 147 Å². The Morgan fingerprint density at radius 1 is 0.411 bits per heavy atom. The molecular formula is C99H137N10O14Pd-. The number of piperidine rings is 2. The number of hydrogen-bond acceptors (Lipinski definition) is 18. The molecule has 0 spiro atoms. The number of aromatic nitrogens is 4. The molecular weight excluding hydrogens is 1660 g/mol. The number of aromatic hydroxyl groups is 2. The maximum atomic E-state index is 12.3. The number of nitrogens with zero attached hydrogens (tertiary/aromatic N) is 10. The topological polar surface area (TPSA) is 283 Å². The number of aliphatic hydroxyl groups excluding tert-OH is 1. The number of azo groups is 1. The molecule has 16 rings (SSSR count). The van der Waals surface area contributed by atoms with E-state index in [2.05, 4.69) is 110 Å². The van der Waals surface area contributed by atoms with Crippen LogP contribution in [0.4, 0.5) is 19.2 Å². The average molecular weight is 1800 g/mol. The Labute approximate surface area is 751 Å². The molecule has 4 aliphatic carbocycles. The molecule has 4 aliphatic heterocycles. The zero-order chi connectivity index (χ0) is 83.9. The third kappa shape index (κ3) is 35.4. The molecule has 8 aromatic rings. The number of carbonyl (C=O) groups is 4. The number of hydrogen-bond donors (Lipinski definition) is 3. The van der Waals surface area contributed by atoms with Gasteiger partial charge in [-0.25, -0.2) is 19.2 Å². The number of urea groups is 2. The van der Waals surface area contributed by atoms with Crippen LogP contribution in [0.2, 0.25) is 0 Å². The van der Waals surface area contributed by atoms with Crippen molar-refractivity contribution in [2.75, 3.05) is 78.9 Å². The summed E-state index contributed by atoms with van der Waals surface area (Å²) in [7, 11) is 0. The molecule has 3 N–H and O–H groups in total. The van der Waals surface area contributed by atoms with Gasteiger partial charge in [-0.15, -0.1) is 0 Å². The van der Waals surface area contributed by atoms with Crippen LogP contribution < -0.4 is 4.74 Å².